The van der Waals surface area contributed by atoms with Crippen molar-refractivity contribution in [2.75, 3.05) is 33.1 Å². The lowest BCUT2D eigenvalue weighted by molar-refractivity contribution is -0.116. The molecule has 25 heavy (non-hydrogen) atoms. The van der Waals surface area contributed by atoms with Crippen molar-refractivity contribution in [3.05, 3.63) is 35.5 Å². The van der Waals surface area contributed by atoms with E-state index in [0.717, 1.165) is 29.9 Å². The maximum Gasteiger partial charge on any atom is 0.225 e. The molecule has 2 rings (SSSR count). The van der Waals surface area contributed by atoms with E-state index >= 15 is 0 Å². The van der Waals surface area contributed by atoms with Crippen LogP contribution in [0.5, 0.6) is 11.5 Å². The molecule has 0 aliphatic heterocycles. The van der Waals surface area contributed by atoms with Crippen LogP contribution in [0.2, 0.25) is 0 Å². The van der Waals surface area contributed by atoms with Gasteiger partial charge in [0.2, 0.25) is 5.91 Å². The van der Waals surface area contributed by atoms with Crippen molar-refractivity contribution < 1.29 is 14.3 Å². The van der Waals surface area contributed by atoms with E-state index in [2.05, 4.69) is 15.7 Å². The number of aryl methyl sites for hydroxylation is 1. The van der Waals surface area contributed by atoms with Gasteiger partial charge >= 0.3 is 0 Å². The molecule has 7 heteroatoms. The number of methoxy groups -OCH3 is 2. The number of hydrogen-bond donors (Lipinski definition) is 2. The lowest BCUT2D eigenvalue weighted by Gasteiger charge is -2.12. The van der Waals surface area contributed by atoms with E-state index in [1.54, 1.807) is 25.1 Å². The van der Waals surface area contributed by atoms with Crippen molar-refractivity contribution in [3.8, 4) is 11.5 Å². The minimum atomic E-state index is -0.00703. The molecule has 0 bridgehead atoms. The van der Waals surface area contributed by atoms with Crippen molar-refractivity contribution in [1.29, 1.82) is 0 Å². The van der Waals surface area contributed by atoms with Gasteiger partial charge in [0.05, 0.1) is 27.0 Å². The Morgan fingerprint density at radius 2 is 2.00 bits per heavy atom. The molecule has 0 aliphatic carbocycles. The van der Waals surface area contributed by atoms with Gasteiger partial charge in [0.1, 0.15) is 5.82 Å². The fraction of sp³-hybridized carbons (Fsp3) is 0.444. The van der Waals surface area contributed by atoms with Gasteiger partial charge in [-0.1, -0.05) is 6.07 Å². The number of anilines is 1. The number of nitrogens with zero attached hydrogens (tertiary/aromatic N) is 2. The van der Waals surface area contributed by atoms with Crippen molar-refractivity contribution in [3.63, 3.8) is 0 Å². The molecule has 1 aromatic heterocycles. The normalized spacial score (nSPS) is 10.6. The third-order valence-corrected chi connectivity index (χ3v) is 3.89. The number of hydrogen-bond acceptors (Lipinski definition) is 5. The standard InChI is InChI=1S/C18H26N4O3/c1-13-11-20-22(18(13)21-17(23)6-5-9-19-2)12-14-7-8-15(24-3)16(10-14)25-4/h7-8,10-11,19H,5-6,9,12H2,1-4H3,(H,21,23). The van der Waals surface area contributed by atoms with Crippen molar-refractivity contribution >= 4 is 11.7 Å². The monoisotopic (exact) mass is 346 g/mol. The van der Waals surface area contributed by atoms with Crippen LogP contribution < -0.4 is 20.1 Å². The van der Waals surface area contributed by atoms with Crippen LogP contribution in [-0.2, 0) is 11.3 Å². The van der Waals surface area contributed by atoms with Crippen LogP contribution in [0.15, 0.2) is 24.4 Å². The van der Waals surface area contributed by atoms with Gasteiger partial charge in [-0.3, -0.25) is 4.79 Å². The topological polar surface area (TPSA) is 77.4 Å². The maximum absolute atomic E-state index is 12.1. The molecule has 2 aromatic rings. The fourth-order valence-electron chi connectivity index (χ4n) is 2.53. The Morgan fingerprint density at radius 1 is 1.24 bits per heavy atom. The third-order valence-electron chi connectivity index (χ3n) is 3.89. The summed E-state index contributed by atoms with van der Waals surface area (Å²) in [4.78, 5) is 12.1. The Bertz CT molecular complexity index is 712. The van der Waals surface area contributed by atoms with Crippen LogP contribution in [0.1, 0.15) is 24.0 Å². The van der Waals surface area contributed by atoms with Gasteiger partial charge in [0.25, 0.3) is 0 Å². The number of amides is 1. The van der Waals surface area contributed by atoms with Crippen molar-refractivity contribution in [2.24, 2.45) is 0 Å². The van der Waals surface area contributed by atoms with Crippen LogP contribution in [-0.4, -0.2) is 43.5 Å². The van der Waals surface area contributed by atoms with E-state index < -0.39 is 0 Å². The summed E-state index contributed by atoms with van der Waals surface area (Å²) in [5.74, 6) is 2.07. The first-order valence-electron chi connectivity index (χ1n) is 8.26. The van der Waals surface area contributed by atoms with Crippen LogP contribution in [0.25, 0.3) is 0 Å². The summed E-state index contributed by atoms with van der Waals surface area (Å²) in [6.45, 7) is 3.28. The molecule has 0 unspecified atom stereocenters. The molecule has 0 fully saturated rings. The summed E-state index contributed by atoms with van der Waals surface area (Å²) in [6, 6.07) is 5.73. The van der Waals surface area contributed by atoms with Crippen LogP contribution in [0, 0.1) is 6.92 Å². The van der Waals surface area contributed by atoms with E-state index in [0.29, 0.717) is 24.5 Å². The van der Waals surface area contributed by atoms with Gasteiger partial charge < -0.3 is 20.1 Å². The van der Waals surface area contributed by atoms with E-state index in [-0.39, 0.29) is 5.91 Å². The molecule has 0 aliphatic rings. The second kappa shape index (κ2) is 9.08. The van der Waals surface area contributed by atoms with Gasteiger partial charge in [-0.2, -0.15) is 5.10 Å². The SMILES string of the molecule is CNCCCC(=O)Nc1c(C)cnn1Cc1ccc(OC)c(OC)c1. The molecule has 0 saturated carbocycles. The van der Waals surface area contributed by atoms with Gasteiger partial charge in [-0.05, 0) is 44.6 Å². The van der Waals surface area contributed by atoms with Crippen molar-refractivity contribution in [2.45, 2.75) is 26.3 Å². The molecule has 1 aromatic carbocycles. The summed E-state index contributed by atoms with van der Waals surface area (Å²) < 4.78 is 12.4. The van der Waals surface area contributed by atoms with Crippen LogP contribution >= 0.6 is 0 Å². The minimum absolute atomic E-state index is 0.00703. The third kappa shape index (κ3) is 4.96. The zero-order valence-electron chi connectivity index (χ0n) is 15.3. The quantitative estimate of drug-likeness (QED) is 0.681. The van der Waals surface area contributed by atoms with Gasteiger partial charge in [0, 0.05) is 12.0 Å². The van der Waals surface area contributed by atoms with Gasteiger partial charge in [-0.15, -0.1) is 0 Å². The van der Waals surface area contributed by atoms with Crippen molar-refractivity contribution in [1.82, 2.24) is 15.1 Å². The first-order chi connectivity index (χ1) is 12.1. The number of nitrogens with one attached hydrogen (secondary N) is 2. The highest BCUT2D eigenvalue weighted by Gasteiger charge is 2.12. The lowest BCUT2D eigenvalue weighted by Crippen LogP contribution is -2.18. The summed E-state index contributed by atoms with van der Waals surface area (Å²) in [7, 11) is 5.09. The summed E-state index contributed by atoms with van der Waals surface area (Å²) in [5, 5.41) is 10.4. The molecule has 0 radical (unpaired) electrons. The average molecular weight is 346 g/mol. The van der Waals surface area contributed by atoms with Gasteiger partial charge in [0.15, 0.2) is 11.5 Å². The van der Waals surface area contributed by atoms with E-state index in [1.807, 2.05) is 32.2 Å². The molecule has 1 amide bonds. The predicted octanol–water partition coefficient (Wildman–Crippen LogP) is 2.20. The molecule has 7 nitrogen and oxygen atoms in total. The van der Waals surface area contributed by atoms with Gasteiger partial charge in [-0.25, -0.2) is 4.68 Å². The number of ether oxygens (including phenoxy) is 2. The Hall–Kier alpha value is -2.54. The van der Waals surface area contributed by atoms with E-state index in [1.165, 1.54) is 0 Å². The Balaban J connectivity index is 2.12. The second-order valence-electron chi connectivity index (χ2n) is 5.78. The molecule has 136 valence electrons. The first-order valence-corrected chi connectivity index (χ1v) is 8.26. The van der Waals surface area contributed by atoms with E-state index in [4.69, 9.17) is 9.47 Å². The number of carbonyl (C=O) groups is 1. The number of rotatable bonds is 9. The molecular weight excluding hydrogens is 320 g/mol. The van der Waals surface area contributed by atoms with E-state index in [9.17, 15) is 4.79 Å². The summed E-state index contributed by atoms with van der Waals surface area (Å²) in [6.07, 6.45) is 3.02. The minimum Gasteiger partial charge on any atom is -0.493 e. The highest BCUT2D eigenvalue weighted by molar-refractivity contribution is 5.90. The number of benzene rings is 1. The largest absolute Gasteiger partial charge is 0.493 e. The molecule has 0 atom stereocenters. The Labute approximate surface area is 148 Å². The summed E-state index contributed by atoms with van der Waals surface area (Å²) in [5.41, 5.74) is 1.94. The zero-order chi connectivity index (χ0) is 18.2. The second-order valence-corrected chi connectivity index (χ2v) is 5.78. The smallest absolute Gasteiger partial charge is 0.225 e. The highest BCUT2D eigenvalue weighted by Crippen LogP contribution is 2.28. The maximum atomic E-state index is 12.1. The average Bonchev–Trinajstić information content (AvgIpc) is 2.95. The molecule has 0 spiro atoms. The predicted molar refractivity (Wildman–Crippen MR) is 97.4 cm³/mol. The summed E-state index contributed by atoms with van der Waals surface area (Å²) >= 11 is 0. The van der Waals surface area contributed by atoms with Crippen LogP contribution in [0.4, 0.5) is 5.82 Å². The zero-order valence-corrected chi connectivity index (χ0v) is 15.3. The molecular formula is C18H26N4O3. The Morgan fingerprint density at radius 3 is 2.68 bits per heavy atom. The van der Waals surface area contributed by atoms with Crippen LogP contribution in [0.3, 0.4) is 0 Å². The molecule has 2 N–H and O–H groups in total. The lowest BCUT2D eigenvalue weighted by atomic mass is 10.2. The first kappa shape index (κ1) is 18.8. The molecule has 0 saturated heterocycles. The number of aromatic nitrogens is 2. The fourth-order valence-corrected chi connectivity index (χ4v) is 2.53. The Kier molecular flexibility index (Phi) is 6.82. The molecule has 1 heterocycles. The highest BCUT2D eigenvalue weighted by atomic mass is 16.5. The number of carbonyl (C=O) groups excluding carboxylic acids is 1.